The molecule has 0 amide bonds. The fourth-order valence-corrected chi connectivity index (χ4v) is 3.09. The second-order valence-corrected chi connectivity index (χ2v) is 5.71. The zero-order valence-electron chi connectivity index (χ0n) is 10.8. The molecule has 0 aromatic heterocycles. The lowest BCUT2D eigenvalue weighted by atomic mass is 10.1. The largest absolute Gasteiger partial charge is 0.398 e. The number of hydrogen-bond acceptors (Lipinski definition) is 2. The highest BCUT2D eigenvalue weighted by Gasteiger charge is 2.04. The Labute approximate surface area is 117 Å². The van der Waals surface area contributed by atoms with E-state index < -0.39 is 0 Å². The van der Waals surface area contributed by atoms with Gasteiger partial charge in [-0.1, -0.05) is 54.2 Å². The van der Waals surface area contributed by atoms with Crippen LogP contribution in [0, 0.1) is 6.92 Å². The number of rotatable bonds is 2. The SMILES string of the molecule is Cc1cccc(Sc2ccc3ccccc3c2)c1N. The van der Waals surface area contributed by atoms with Crippen LogP contribution in [-0.2, 0) is 0 Å². The number of aryl methyl sites for hydroxylation is 1. The molecule has 1 nitrogen and oxygen atoms in total. The van der Waals surface area contributed by atoms with Crippen LogP contribution in [0.25, 0.3) is 10.8 Å². The van der Waals surface area contributed by atoms with E-state index in [1.54, 1.807) is 11.8 Å². The summed E-state index contributed by atoms with van der Waals surface area (Å²) in [4.78, 5) is 2.34. The van der Waals surface area contributed by atoms with Gasteiger partial charge in [-0.15, -0.1) is 0 Å². The molecule has 0 bridgehead atoms. The van der Waals surface area contributed by atoms with Gasteiger partial charge in [0.1, 0.15) is 0 Å². The number of anilines is 1. The Balaban J connectivity index is 1.99. The highest BCUT2D eigenvalue weighted by atomic mass is 32.2. The van der Waals surface area contributed by atoms with Crippen molar-refractivity contribution in [3.05, 3.63) is 66.2 Å². The summed E-state index contributed by atoms with van der Waals surface area (Å²) in [5, 5.41) is 2.53. The molecule has 2 heteroatoms. The lowest BCUT2D eigenvalue weighted by Crippen LogP contribution is -1.91. The third-order valence-electron chi connectivity index (χ3n) is 3.23. The van der Waals surface area contributed by atoms with Crippen LogP contribution in [0.1, 0.15) is 5.56 Å². The van der Waals surface area contributed by atoms with Crippen molar-refractivity contribution in [1.82, 2.24) is 0 Å². The number of fused-ring (bicyclic) bond motifs is 1. The molecule has 3 aromatic rings. The number of nitrogens with two attached hydrogens (primary N) is 1. The van der Waals surface area contributed by atoms with Gasteiger partial charge in [-0.05, 0) is 41.5 Å². The normalized spacial score (nSPS) is 10.8. The summed E-state index contributed by atoms with van der Waals surface area (Å²) < 4.78 is 0. The molecule has 0 atom stereocenters. The molecule has 0 unspecified atom stereocenters. The monoisotopic (exact) mass is 265 g/mol. The van der Waals surface area contributed by atoms with Gasteiger partial charge in [-0.2, -0.15) is 0 Å². The maximum atomic E-state index is 6.12. The van der Waals surface area contributed by atoms with Crippen LogP contribution in [0.3, 0.4) is 0 Å². The van der Waals surface area contributed by atoms with Gasteiger partial charge in [0.25, 0.3) is 0 Å². The van der Waals surface area contributed by atoms with E-state index in [1.807, 2.05) is 13.0 Å². The summed E-state index contributed by atoms with van der Waals surface area (Å²) in [6, 6.07) is 21.1. The Morgan fingerprint density at radius 1 is 0.842 bits per heavy atom. The van der Waals surface area contributed by atoms with E-state index in [-0.39, 0.29) is 0 Å². The average Bonchev–Trinajstić information content (AvgIpc) is 2.44. The predicted octanol–water partition coefficient (Wildman–Crippen LogP) is 4.88. The van der Waals surface area contributed by atoms with Gasteiger partial charge in [-0.3, -0.25) is 0 Å². The second kappa shape index (κ2) is 4.98. The molecular weight excluding hydrogens is 250 g/mol. The van der Waals surface area contributed by atoms with Gasteiger partial charge in [-0.25, -0.2) is 0 Å². The third-order valence-corrected chi connectivity index (χ3v) is 4.30. The molecule has 0 radical (unpaired) electrons. The summed E-state index contributed by atoms with van der Waals surface area (Å²) in [5.41, 5.74) is 8.13. The summed E-state index contributed by atoms with van der Waals surface area (Å²) >= 11 is 1.72. The van der Waals surface area contributed by atoms with Gasteiger partial charge >= 0.3 is 0 Å². The lowest BCUT2D eigenvalue weighted by Gasteiger charge is -2.08. The lowest BCUT2D eigenvalue weighted by molar-refractivity contribution is 1.36. The molecule has 0 aliphatic heterocycles. The molecule has 0 spiro atoms. The van der Waals surface area contributed by atoms with Crippen molar-refractivity contribution in [2.75, 3.05) is 5.73 Å². The summed E-state index contributed by atoms with van der Waals surface area (Å²) in [5.74, 6) is 0. The van der Waals surface area contributed by atoms with Crippen molar-refractivity contribution in [3.8, 4) is 0 Å². The first-order valence-corrected chi connectivity index (χ1v) is 7.07. The van der Waals surface area contributed by atoms with Gasteiger partial charge < -0.3 is 5.73 Å². The summed E-state index contributed by atoms with van der Waals surface area (Å²) in [7, 11) is 0. The maximum absolute atomic E-state index is 6.12. The van der Waals surface area contributed by atoms with Crippen molar-refractivity contribution in [3.63, 3.8) is 0 Å². The first kappa shape index (κ1) is 12.1. The van der Waals surface area contributed by atoms with E-state index in [4.69, 9.17) is 5.73 Å². The van der Waals surface area contributed by atoms with Gasteiger partial charge in [0.2, 0.25) is 0 Å². The zero-order valence-corrected chi connectivity index (χ0v) is 11.6. The second-order valence-electron chi connectivity index (χ2n) is 4.60. The van der Waals surface area contributed by atoms with Crippen LogP contribution in [0.4, 0.5) is 5.69 Å². The van der Waals surface area contributed by atoms with E-state index in [0.717, 1.165) is 16.1 Å². The first-order chi connectivity index (χ1) is 9.24. The van der Waals surface area contributed by atoms with E-state index in [9.17, 15) is 0 Å². The van der Waals surface area contributed by atoms with Crippen LogP contribution in [0.15, 0.2) is 70.5 Å². The quantitative estimate of drug-likeness (QED) is 0.668. The van der Waals surface area contributed by atoms with Crippen LogP contribution in [0.2, 0.25) is 0 Å². The van der Waals surface area contributed by atoms with Crippen molar-refractivity contribution in [1.29, 1.82) is 0 Å². The molecule has 3 aromatic carbocycles. The van der Waals surface area contributed by atoms with Crippen LogP contribution < -0.4 is 5.73 Å². The molecule has 0 saturated carbocycles. The number of nitrogen functional groups attached to an aromatic ring is 1. The maximum Gasteiger partial charge on any atom is 0.0485 e. The van der Waals surface area contributed by atoms with Crippen molar-refractivity contribution < 1.29 is 0 Å². The molecule has 3 rings (SSSR count). The first-order valence-electron chi connectivity index (χ1n) is 6.26. The fourth-order valence-electron chi connectivity index (χ4n) is 2.10. The Morgan fingerprint density at radius 2 is 1.63 bits per heavy atom. The molecule has 94 valence electrons. The molecule has 0 heterocycles. The standard InChI is InChI=1S/C17H15NS/c1-12-5-4-8-16(17(12)18)19-15-10-9-13-6-2-3-7-14(13)11-15/h2-11H,18H2,1H3. The van der Waals surface area contributed by atoms with Crippen molar-refractivity contribution >= 4 is 28.2 Å². The number of hydrogen-bond donors (Lipinski definition) is 1. The van der Waals surface area contributed by atoms with Gasteiger partial charge in [0.05, 0.1) is 0 Å². The molecule has 0 saturated heterocycles. The zero-order chi connectivity index (χ0) is 13.2. The van der Waals surface area contributed by atoms with E-state index >= 15 is 0 Å². The smallest absolute Gasteiger partial charge is 0.0485 e. The van der Waals surface area contributed by atoms with Crippen molar-refractivity contribution in [2.45, 2.75) is 16.7 Å². The van der Waals surface area contributed by atoms with Gasteiger partial charge in [0, 0.05) is 15.5 Å². The van der Waals surface area contributed by atoms with Crippen LogP contribution in [0.5, 0.6) is 0 Å². The molecule has 2 N–H and O–H groups in total. The van der Waals surface area contributed by atoms with E-state index in [0.29, 0.717) is 0 Å². The molecule has 19 heavy (non-hydrogen) atoms. The Morgan fingerprint density at radius 3 is 2.47 bits per heavy atom. The highest BCUT2D eigenvalue weighted by molar-refractivity contribution is 7.99. The fraction of sp³-hybridized carbons (Fsp3) is 0.0588. The number of para-hydroxylation sites is 1. The minimum atomic E-state index is 0.876. The molecular formula is C17H15NS. The van der Waals surface area contributed by atoms with E-state index in [1.165, 1.54) is 15.7 Å². The summed E-state index contributed by atoms with van der Waals surface area (Å²) in [6.07, 6.45) is 0. The third kappa shape index (κ3) is 2.45. The Bertz CT molecular complexity index is 734. The summed E-state index contributed by atoms with van der Waals surface area (Å²) in [6.45, 7) is 2.04. The Kier molecular flexibility index (Phi) is 3.18. The van der Waals surface area contributed by atoms with Crippen LogP contribution >= 0.6 is 11.8 Å². The molecule has 0 aliphatic rings. The average molecular weight is 265 g/mol. The molecule has 0 aliphatic carbocycles. The Hall–Kier alpha value is -1.93. The van der Waals surface area contributed by atoms with Crippen LogP contribution in [-0.4, -0.2) is 0 Å². The van der Waals surface area contributed by atoms with E-state index in [2.05, 4.69) is 54.6 Å². The minimum absolute atomic E-state index is 0.876. The molecule has 0 fully saturated rings. The highest BCUT2D eigenvalue weighted by Crippen LogP contribution is 2.34. The number of benzene rings is 3. The minimum Gasteiger partial charge on any atom is -0.398 e. The topological polar surface area (TPSA) is 26.0 Å². The van der Waals surface area contributed by atoms with Crippen molar-refractivity contribution in [2.24, 2.45) is 0 Å². The van der Waals surface area contributed by atoms with Gasteiger partial charge in [0.15, 0.2) is 0 Å². The predicted molar refractivity (Wildman–Crippen MR) is 83.7 cm³/mol.